The van der Waals surface area contributed by atoms with Crippen LogP contribution < -0.4 is 5.56 Å². The summed E-state index contributed by atoms with van der Waals surface area (Å²) in [4.78, 5) is 33.1. The molecule has 0 atom stereocenters. The lowest BCUT2D eigenvalue weighted by Crippen LogP contribution is -2.40. The number of nitrogens with zero attached hydrogens (tertiary/aromatic N) is 3. The van der Waals surface area contributed by atoms with Crippen LogP contribution in [0, 0.1) is 5.92 Å². The number of hydrogen-bond donors (Lipinski definition) is 1. The molecule has 0 spiro atoms. The largest absolute Gasteiger partial charge is 0.433 e. The highest BCUT2D eigenvalue weighted by atomic mass is 19.4. The van der Waals surface area contributed by atoms with E-state index in [1.165, 1.54) is 4.57 Å². The minimum absolute atomic E-state index is 0.0470. The van der Waals surface area contributed by atoms with Gasteiger partial charge in [-0.3, -0.25) is 14.2 Å². The number of carbonyl (C=O) groups is 1. The van der Waals surface area contributed by atoms with Gasteiger partial charge in [-0.05, 0) is 24.8 Å². The number of rotatable bonds is 3. The predicted molar refractivity (Wildman–Crippen MR) is 100 cm³/mol. The molecule has 29 heavy (non-hydrogen) atoms. The van der Waals surface area contributed by atoms with E-state index in [0.29, 0.717) is 44.1 Å². The van der Waals surface area contributed by atoms with E-state index in [4.69, 9.17) is 0 Å². The Balaban J connectivity index is 1.40. The maximum Gasteiger partial charge on any atom is 0.433 e. The first kappa shape index (κ1) is 19.2. The van der Waals surface area contributed by atoms with Crippen molar-refractivity contribution in [3.8, 4) is 0 Å². The molecule has 1 amide bonds. The highest BCUT2D eigenvalue weighted by Gasteiger charge is 2.33. The fraction of sp³-hybridized carbons (Fsp3) is 0.350. The lowest BCUT2D eigenvalue weighted by molar-refractivity contribution is -0.141. The van der Waals surface area contributed by atoms with Gasteiger partial charge < -0.3 is 9.88 Å². The van der Waals surface area contributed by atoms with E-state index in [1.807, 2.05) is 24.3 Å². The van der Waals surface area contributed by atoms with Gasteiger partial charge in [0.25, 0.3) is 11.5 Å². The van der Waals surface area contributed by atoms with Crippen LogP contribution in [0.25, 0.3) is 10.9 Å². The van der Waals surface area contributed by atoms with Crippen LogP contribution in [0.2, 0.25) is 0 Å². The minimum Gasteiger partial charge on any atom is -0.360 e. The number of para-hydroxylation sites is 1. The topological polar surface area (TPSA) is 71.0 Å². The van der Waals surface area contributed by atoms with Crippen molar-refractivity contribution in [2.75, 3.05) is 13.1 Å². The number of benzene rings is 1. The van der Waals surface area contributed by atoms with Gasteiger partial charge in [0, 0.05) is 42.8 Å². The zero-order valence-electron chi connectivity index (χ0n) is 15.4. The Morgan fingerprint density at radius 3 is 2.62 bits per heavy atom. The number of aromatic amines is 1. The second-order valence-corrected chi connectivity index (χ2v) is 7.25. The summed E-state index contributed by atoms with van der Waals surface area (Å²) in [6, 6.07) is 8.12. The van der Waals surface area contributed by atoms with Gasteiger partial charge in [-0.2, -0.15) is 13.2 Å². The molecule has 0 unspecified atom stereocenters. The number of fused-ring (bicyclic) bond motifs is 1. The molecule has 6 nitrogen and oxygen atoms in total. The Bertz CT molecular complexity index is 1090. The molecule has 0 bridgehead atoms. The second-order valence-electron chi connectivity index (χ2n) is 7.25. The minimum atomic E-state index is -4.63. The summed E-state index contributed by atoms with van der Waals surface area (Å²) < 4.78 is 39.1. The predicted octanol–water partition coefficient (Wildman–Crippen LogP) is 3.30. The smallest absolute Gasteiger partial charge is 0.360 e. The van der Waals surface area contributed by atoms with Crippen molar-refractivity contribution in [1.29, 1.82) is 0 Å². The number of H-pyrrole nitrogens is 1. The number of aromatic nitrogens is 3. The summed E-state index contributed by atoms with van der Waals surface area (Å²) in [6.07, 6.45) is -0.628. The molecule has 2 aromatic heterocycles. The summed E-state index contributed by atoms with van der Waals surface area (Å²) in [5.74, 6) is 0.0486. The standard InChI is InChI=1S/C20H19F3N4O2/c21-20(22,23)17-9-18(28)27(12-25-17)11-13-5-7-26(8-6-13)19(29)15-10-24-16-4-2-1-3-14(15)16/h1-4,9-10,12-13,24H,5-8,11H2. The molecular weight excluding hydrogens is 385 g/mol. The van der Waals surface area contributed by atoms with E-state index in [0.717, 1.165) is 17.2 Å². The molecule has 3 heterocycles. The lowest BCUT2D eigenvalue weighted by Gasteiger charge is -2.32. The van der Waals surface area contributed by atoms with Crippen molar-refractivity contribution >= 4 is 16.8 Å². The first-order chi connectivity index (χ1) is 13.8. The van der Waals surface area contributed by atoms with Crippen molar-refractivity contribution in [2.45, 2.75) is 25.6 Å². The average Bonchev–Trinajstić information content (AvgIpc) is 3.13. The first-order valence-corrected chi connectivity index (χ1v) is 9.32. The fourth-order valence-electron chi connectivity index (χ4n) is 3.73. The number of nitrogens with one attached hydrogen (secondary N) is 1. The Morgan fingerprint density at radius 2 is 1.93 bits per heavy atom. The number of alkyl halides is 3. The monoisotopic (exact) mass is 404 g/mol. The van der Waals surface area contributed by atoms with E-state index in [9.17, 15) is 22.8 Å². The number of carbonyl (C=O) groups excluding carboxylic acids is 1. The van der Waals surface area contributed by atoms with Crippen molar-refractivity contribution in [2.24, 2.45) is 5.92 Å². The molecule has 4 rings (SSSR count). The van der Waals surface area contributed by atoms with Crippen molar-refractivity contribution < 1.29 is 18.0 Å². The van der Waals surface area contributed by atoms with E-state index in [1.54, 1.807) is 11.1 Å². The van der Waals surface area contributed by atoms with Gasteiger partial charge in [0.15, 0.2) is 5.69 Å². The average molecular weight is 404 g/mol. The molecule has 9 heteroatoms. The third kappa shape index (κ3) is 3.90. The quantitative estimate of drug-likeness (QED) is 0.728. The molecule has 1 fully saturated rings. The first-order valence-electron chi connectivity index (χ1n) is 9.32. The third-order valence-electron chi connectivity index (χ3n) is 5.35. The van der Waals surface area contributed by atoms with Crippen LogP contribution >= 0.6 is 0 Å². The van der Waals surface area contributed by atoms with Crippen LogP contribution in [0.3, 0.4) is 0 Å². The van der Waals surface area contributed by atoms with Crippen LogP contribution in [0.4, 0.5) is 13.2 Å². The van der Waals surface area contributed by atoms with Crippen LogP contribution in [-0.2, 0) is 12.7 Å². The van der Waals surface area contributed by atoms with Crippen molar-refractivity contribution in [1.82, 2.24) is 19.4 Å². The molecule has 152 valence electrons. The summed E-state index contributed by atoms with van der Waals surface area (Å²) in [6.45, 7) is 1.36. The van der Waals surface area contributed by atoms with Gasteiger partial charge in [-0.1, -0.05) is 18.2 Å². The molecule has 1 aliphatic rings. The Morgan fingerprint density at radius 1 is 1.21 bits per heavy atom. The van der Waals surface area contributed by atoms with Crippen molar-refractivity contribution in [3.63, 3.8) is 0 Å². The summed E-state index contributed by atoms with van der Waals surface area (Å²) in [5, 5.41) is 0.877. The molecule has 1 aliphatic heterocycles. The van der Waals surface area contributed by atoms with Gasteiger partial charge >= 0.3 is 6.18 Å². The zero-order chi connectivity index (χ0) is 20.6. The maximum atomic E-state index is 12.9. The van der Waals surface area contributed by atoms with E-state index in [-0.39, 0.29) is 11.8 Å². The Labute approximate surface area is 164 Å². The molecular formula is C20H19F3N4O2. The summed E-state index contributed by atoms with van der Waals surface area (Å²) >= 11 is 0. The SMILES string of the molecule is O=C(c1c[nH]c2ccccc12)N1CCC(Cn2cnc(C(F)(F)F)cc2=O)CC1. The van der Waals surface area contributed by atoms with Crippen LogP contribution in [0.1, 0.15) is 28.9 Å². The molecule has 1 aromatic carbocycles. The lowest BCUT2D eigenvalue weighted by atomic mass is 9.96. The normalized spacial score (nSPS) is 15.8. The molecule has 1 N–H and O–H groups in total. The number of halogens is 3. The number of hydrogen-bond acceptors (Lipinski definition) is 3. The maximum absolute atomic E-state index is 12.9. The highest BCUT2D eigenvalue weighted by Crippen LogP contribution is 2.27. The van der Waals surface area contributed by atoms with Crippen molar-refractivity contribution in [3.05, 3.63) is 64.5 Å². The number of likely N-dealkylation sites (tertiary alicyclic amines) is 1. The van der Waals surface area contributed by atoms with Gasteiger partial charge in [0.2, 0.25) is 0 Å². The Kier molecular flexibility index (Phi) is 4.89. The molecule has 1 saturated heterocycles. The second kappa shape index (κ2) is 7.38. The van der Waals surface area contributed by atoms with Gasteiger partial charge in [-0.15, -0.1) is 0 Å². The van der Waals surface area contributed by atoms with E-state index < -0.39 is 17.4 Å². The molecule has 0 saturated carbocycles. The summed E-state index contributed by atoms with van der Waals surface area (Å²) in [7, 11) is 0. The van der Waals surface area contributed by atoms with Crippen LogP contribution in [0.15, 0.2) is 47.7 Å². The molecule has 0 aliphatic carbocycles. The fourth-order valence-corrected chi connectivity index (χ4v) is 3.73. The van der Waals surface area contributed by atoms with Gasteiger partial charge in [0.05, 0.1) is 11.9 Å². The van der Waals surface area contributed by atoms with E-state index >= 15 is 0 Å². The molecule has 3 aromatic rings. The zero-order valence-corrected chi connectivity index (χ0v) is 15.4. The summed E-state index contributed by atoms with van der Waals surface area (Å²) in [5.41, 5.74) is -0.371. The van der Waals surface area contributed by atoms with Crippen LogP contribution in [0.5, 0.6) is 0 Å². The van der Waals surface area contributed by atoms with E-state index in [2.05, 4.69) is 9.97 Å². The van der Waals surface area contributed by atoms with Crippen LogP contribution in [-0.4, -0.2) is 38.4 Å². The number of amides is 1. The van der Waals surface area contributed by atoms with Gasteiger partial charge in [-0.25, -0.2) is 4.98 Å². The Hall–Kier alpha value is -3.10. The van der Waals surface area contributed by atoms with Gasteiger partial charge in [0.1, 0.15) is 0 Å². The third-order valence-corrected chi connectivity index (χ3v) is 5.35. The number of piperidine rings is 1. The highest BCUT2D eigenvalue weighted by molar-refractivity contribution is 6.06. The molecule has 0 radical (unpaired) electrons.